The average molecular weight is 357 g/mol. The van der Waals surface area contributed by atoms with Gasteiger partial charge < -0.3 is 15.6 Å². The highest BCUT2D eigenvalue weighted by Gasteiger charge is 2.24. The second-order valence-corrected chi connectivity index (χ2v) is 6.16. The van der Waals surface area contributed by atoms with Gasteiger partial charge >= 0.3 is 0 Å². The molecule has 126 valence electrons. The van der Waals surface area contributed by atoms with Gasteiger partial charge in [0.1, 0.15) is 5.82 Å². The first-order chi connectivity index (χ1) is 10.3. The van der Waals surface area contributed by atoms with E-state index in [1.54, 1.807) is 0 Å². The van der Waals surface area contributed by atoms with Crippen LogP contribution in [0.2, 0.25) is 0 Å². The number of carbonyl (C=O) groups is 1. The number of imidazole rings is 1. The third-order valence-corrected chi connectivity index (χ3v) is 4.69. The second kappa shape index (κ2) is 7.51. The zero-order valence-corrected chi connectivity index (χ0v) is 14.4. The number of halogens is 2. The summed E-state index contributed by atoms with van der Waals surface area (Å²) in [6, 6.07) is 5.91. The number of H-pyrrole nitrogens is 1. The fourth-order valence-electron chi connectivity index (χ4n) is 3.10. The van der Waals surface area contributed by atoms with Gasteiger partial charge in [-0.1, -0.05) is 6.42 Å². The maximum Gasteiger partial charge on any atom is 0.228 e. The maximum absolute atomic E-state index is 12.1. The van der Waals surface area contributed by atoms with E-state index >= 15 is 0 Å². The van der Waals surface area contributed by atoms with Gasteiger partial charge in [0.15, 0.2) is 0 Å². The van der Waals surface area contributed by atoms with E-state index in [9.17, 15) is 4.79 Å². The number of benzene rings is 1. The zero-order valence-electron chi connectivity index (χ0n) is 12.8. The number of fused-ring (bicyclic) bond motifs is 1. The number of nitrogens with zero attached hydrogens (tertiary/aromatic N) is 1. The van der Waals surface area contributed by atoms with Gasteiger partial charge in [0.2, 0.25) is 5.91 Å². The van der Waals surface area contributed by atoms with Gasteiger partial charge in [-0.25, -0.2) is 4.98 Å². The van der Waals surface area contributed by atoms with Crippen molar-refractivity contribution in [3.8, 4) is 0 Å². The minimum Gasteiger partial charge on any atom is -0.342 e. The predicted molar refractivity (Wildman–Crippen MR) is 96.8 cm³/mol. The molecule has 1 aromatic carbocycles. The van der Waals surface area contributed by atoms with E-state index in [-0.39, 0.29) is 36.6 Å². The molecular weight excluding hydrogens is 335 g/mol. The van der Waals surface area contributed by atoms with Crippen LogP contribution in [0.25, 0.3) is 11.0 Å². The van der Waals surface area contributed by atoms with Gasteiger partial charge in [-0.2, -0.15) is 0 Å². The minimum atomic E-state index is 0. The molecule has 0 radical (unpaired) electrons. The summed E-state index contributed by atoms with van der Waals surface area (Å²) in [5, 5.41) is 6.24. The minimum absolute atomic E-state index is 0. The molecular formula is C16H22Cl2N4O. The summed E-state index contributed by atoms with van der Waals surface area (Å²) in [5.41, 5.74) is 2.85. The van der Waals surface area contributed by atoms with Crippen LogP contribution < -0.4 is 10.6 Å². The highest BCUT2D eigenvalue weighted by molar-refractivity contribution is 5.94. The molecule has 1 aliphatic carbocycles. The van der Waals surface area contributed by atoms with Crippen LogP contribution in [0.5, 0.6) is 0 Å². The van der Waals surface area contributed by atoms with E-state index in [0.717, 1.165) is 42.1 Å². The molecule has 1 amide bonds. The molecule has 4 rings (SSSR count). The van der Waals surface area contributed by atoms with Crippen molar-refractivity contribution in [2.24, 2.45) is 5.92 Å². The van der Waals surface area contributed by atoms with Crippen molar-refractivity contribution in [1.82, 2.24) is 15.3 Å². The molecule has 1 aromatic heterocycles. The smallest absolute Gasteiger partial charge is 0.228 e. The Morgan fingerprint density at radius 2 is 2.04 bits per heavy atom. The molecule has 0 spiro atoms. The Kier molecular flexibility index (Phi) is 5.89. The molecule has 2 aliphatic rings. The van der Waals surface area contributed by atoms with Crippen molar-refractivity contribution in [2.75, 3.05) is 18.4 Å². The van der Waals surface area contributed by atoms with Crippen LogP contribution in [0.15, 0.2) is 18.2 Å². The number of carbonyl (C=O) groups excluding carboxylic acids is 1. The quantitative estimate of drug-likeness (QED) is 0.790. The first-order valence-electron chi connectivity index (χ1n) is 7.81. The summed E-state index contributed by atoms with van der Waals surface area (Å²) >= 11 is 0. The summed E-state index contributed by atoms with van der Waals surface area (Å²) < 4.78 is 0. The first-order valence-corrected chi connectivity index (χ1v) is 7.81. The van der Waals surface area contributed by atoms with E-state index in [4.69, 9.17) is 0 Å². The molecule has 2 fully saturated rings. The normalized spacial score (nSPS) is 20.4. The fourth-order valence-corrected chi connectivity index (χ4v) is 3.10. The standard InChI is InChI=1S/C16H20N4O.2ClH/c21-16(11-6-7-17-9-11)18-12-4-5-13-14(8-12)20-15(19-13)10-2-1-3-10;;/h4-5,8,10-11,17H,1-3,6-7,9H2,(H,18,21)(H,19,20);2*1H. The molecule has 1 aliphatic heterocycles. The summed E-state index contributed by atoms with van der Waals surface area (Å²) in [4.78, 5) is 20.2. The fraction of sp³-hybridized carbons (Fsp3) is 0.500. The maximum atomic E-state index is 12.1. The number of hydrogen-bond acceptors (Lipinski definition) is 3. The molecule has 1 saturated heterocycles. The molecule has 1 saturated carbocycles. The van der Waals surface area contributed by atoms with Crippen LogP contribution in [-0.2, 0) is 4.79 Å². The first kappa shape index (κ1) is 18.0. The van der Waals surface area contributed by atoms with Crippen molar-refractivity contribution in [3.05, 3.63) is 24.0 Å². The van der Waals surface area contributed by atoms with E-state index in [1.165, 1.54) is 19.3 Å². The van der Waals surface area contributed by atoms with Crippen molar-refractivity contribution < 1.29 is 4.79 Å². The molecule has 5 nitrogen and oxygen atoms in total. The largest absolute Gasteiger partial charge is 0.342 e. The van der Waals surface area contributed by atoms with Gasteiger partial charge in [0.25, 0.3) is 0 Å². The Morgan fingerprint density at radius 3 is 2.70 bits per heavy atom. The predicted octanol–water partition coefficient (Wildman–Crippen LogP) is 3.22. The third kappa shape index (κ3) is 3.62. The van der Waals surface area contributed by atoms with E-state index in [1.807, 2.05) is 18.2 Å². The Hall–Kier alpha value is -1.30. The molecule has 2 aromatic rings. The van der Waals surface area contributed by atoms with Gasteiger partial charge in [0.05, 0.1) is 17.0 Å². The summed E-state index contributed by atoms with van der Waals surface area (Å²) in [6.07, 6.45) is 4.69. The molecule has 0 bridgehead atoms. The Balaban J connectivity index is 0.000000960. The van der Waals surface area contributed by atoms with Crippen LogP contribution in [0.4, 0.5) is 5.69 Å². The highest BCUT2D eigenvalue weighted by Crippen LogP contribution is 2.35. The molecule has 2 heterocycles. The van der Waals surface area contributed by atoms with Crippen LogP contribution >= 0.6 is 24.8 Å². The van der Waals surface area contributed by atoms with Gasteiger partial charge in [-0.05, 0) is 44.0 Å². The lowest BCUT2D eigenvalue weighted by molar-refractivity contribution is -0.119. The third-order valence-electron chi connectivity index (χ3n) is 4.69. The molecule has 3 N–H and O–H groups in total. The van der Waals surface area contributed by atoms with E-state index < -0.39 is 0 Å². The number of aromatic nitrogens is 2. The number of aromatic amines is 1. The lowest BCUT2D eigenvalue weighted by Crippen LogP contribution is -2.24. The Bertz CT molecular complexity index is 678. The Morgan fingerprint density at radius 1 is 1.22 bits per heavy atom. The lowest BCUT2D eigenvalue weighted by atomic mass is 9.85. The van der Waals surface area contributed by atoms with Gasteiger partial charge in [0, 0.05) is 18.2 Å². The zero-order chi connectivity index (χ0) is 14.2. The topological polar surface area (TPSA) is 69.8 Å². The van der Waals surface area contributed by atoms with Gasteiger partial charge in [-0.15, -0.1) is 24.8 Å². The Labute approximate surface area is 147 Å². The van der Waals surface area contributed by atoms with Gasteiger partial charge in [-0.3, -0.25) is 4.79 Å². The molecule has 1 unspecified atom stereocenters. The van der Waals surface area contributed by atoms with Crippen LogP contribution in [-0.4, -0.2) is 29.0 Å². The van der Waals surface area contributed by atoms with Crippen molar-refractivity contribution >= 4 is 47.4 Å². The van der Waals surface area contributed by atoms with E-state index in [0.29, 0.717) is 5.92 Å². The molecule has 1 atom stereocenters. The second-order valence-electron chi connectivity index (χ2n) is 6.16. The van der Waals surface area contributed by atoms with Crippen molar-refractivity contribution in [3.63, 3.8) is 0 Å². The molecule has 7 heteroatoms. The highest BCUT2D eigenvalue weighted by atomic mass is 35.5. The van der Waals surface area contributed by atoms with Crippen LogP contribution in [0, 0.1) is 5.92 Å². The number of nitrogens with one attached hydrogen (secondary N) is 3. The van der Waals surface area contributed by atoms with Crippen molar-refractivity contribution in [1.29, 1.82) is 0 Å². The van der Waals surface area contributed by atoms with Crippen molar-refractivity contribution in [2.45, 2.75) is 31.6 Å². The molecule has 23 heavy (non-hydrogen) atoms. The van der Waals surface area contributed by atoms with E-state index in [2.05, 4.69) is 20.6 Å². The number of hydrogen-bond donors (Lipinski definition) is 3. The number of amides is 1. The summed E-state index contributed by atoms with van der Waals surface area (Å²) in [7, 11) is 0. The summed E-state index contributed by atoms with van der Waals surface area (Å²) in [6.45, 7) is 1.71. The van der Waals surface area contributed by atoms with Crippen LogP contribution in [0.3, 0.4) is 0 Å². The average Bonchev–Trinajstić information content (AvgIpc) is 3.04. The number of anilines is 1. The SMILES string of the molecule is Cl.Cl.O=C(Nc1ccc2nc(C3CCC3)[nH]c2c1)C1CCNC1. The number of rotatable bonds is 3. The lowest BCUT2D eigenvalue weighted by Gasteiger charge is -2.22. The summed E-state index contributed by atoms with van der Waals surface area (Å²) in [5.74, 6) is 1.89. The van der Waals surface area contributed by atoms with Crippen LogP contribution in [0.1, 0.15) is 37.4 Å². The monoisotopic (exact) mass is 356 g/mol.